The van der Waals surface area contributed by atoms with Crippen LogP contribution in [0.15, 0.2) is 0 Å². The molecule has 70 valence electrons. The van der Waals surface area contributed by atoms with Crippen molar-refractivity contribution < 1.29 is 5.11 Å². The molecule has 2 aliphatic carbocycles. The van der Waals surface area contributed by atoms with E-state index in [0.29, 0.717) is 17.9 Å². The molecule has 0 aliphatic heterocycles. The fraction of sp³-hybridized carbons (Fsp3) is 1.00. The van der Waals surface area contributed by atoms with Crippen LogP contribution in [0.25, 0.3) is 0 Å². The summed E-state index contributed by atoms with van der Waals surface area (Å²) in [6.45, 7) is 2.25. The van der Waals surface area contributed by atoms with Gasteiger partial charge in [-0.2, -0.15) is 0 Å². The Morgan fingerprint density at radius 2 is 1.92 bits per heavy atom. The Hall–Kier alpha value is -0.0800. The van der Waals surface area contributed by atoms with Crippen molar-refractivity contribution >= 4 is 0 Å². The van der Waals surface area contributed by atoms with E-state index in [9.17, 15) is 5.11 Å². The summed E-state index contributed by atoms with van der Waals surface area (Å²) in [5.74, 6) is 2.03. The summed E-state index contributed by atoms with van der Waals surface area (Å²) in [5.41, 5.74) is 6.08. The highest BCUT2D eigenvalue weighted by Crippen LogP contribution is 2.41. The maximum Gasteiger partial charge on any atom is 0.0546 e. The van der Waals surface area contributed by atoms with Crippen molar-refractivity contribution in [3.63, 3.8) is 0 Å². The Kier molecular flexibility index (Phi) is 2.13. The zero-order valence-corrected chi connectivity index (χ0v) is 7.74. The number of aliphatic hydroxyl groups excluding tert-OH is 1. The largest absolute Gasteiger partial charge is 0.393 e. The highest BCUT2D eigenvalue weighted by molar-refractivity contribution is 4.92. The van der Waals surface area contributed by atoms with Crippen molar-refractivity contribution in [2.45, 2.75) is 44.8 Å². The second-order valence-electron chi connectivity index (χ2n) is 4.78. The van der Waals surface area contributed by atoms with Crippen LogP contribution in [0.1, 0.15) is 32.6 Å². The first-order valence-electron chi connectivity index (χ1n) is 5.10. The van der Waals surface area contributed by atoms with Crippen molar-refractivity contribution in [2.75, 3.05) is 0 Å². The summed E-state index contributed by atoms with van der Waals surface area (Å²) in [6, 6.07) is 0.344. The Morgan fingerprint density at radius 3 is 2.67 bits per heavy atom. The zero-order valence-electron chi connectivity index (χ0n) is 7.74. The molecule has 0 amide bonds. The normalized spacial score (nSPS) is 53.8. The minimum atomic E-state index is -0.0627. The van der Waals surface area contributed by atoms with Gasteiger partial charge in [0.2, 0.25) is 0 Å². The summed E-state index contributed by atoms with van der Waals surface area (Å²) >= 11 is 0. The standard InChI is InChI=1S/C10H19NO/c1-6-2-7-3-8(10(6)11)5-9(12)4-7/h6-10,12H,2-5,11H2,1H3. The van der Waals surface area contributed by atoms with E-state index in [1.807, 2.05) is 0 Å². The third-order valence-electron chi connectivity index (χ3n) is 3.72. The van der Waals surface area contributed by atoms with Gasteiger partial charge >= 0.3 is 0 Å². The lowest BCUT2D eigenvalue weighted by Crippen LogP contribution is -2.47. The molecule has 0 aromatic carbocycles. The molecule has 2 nitrogen and oxygen atoms in total. The molecule has 0 spiro atoms. The van der Waals surface area contributed by atoms with Gasteiger partial charge in [0, 0.05) is 6.04 Å². The number of rotatable bonds is 0. The van der Waals surface area contributed by atoms with Crippen LogP contribution < -0.4 is 5.73 Å². The Balaban J connectivity index is 2.07. The second kappa shape index (κ2) is 3.00. The molecule has 0 heterocycles. The average molecular weight is 169 g/mol. The molecule has 2 heteroatoms. The molecule has 2 fully saturated rings. The van der Waals surface area contributed by atoms with E-state index < -0.39 is 0 Å². The Bertz CT molecular complexity index is 167. The van der Waals surface area contributed by atoms with Gasteiger partial charge in [-0.3, -0.25) is 0 Å². The van der Waals surface area contributed by atoms with Crippen LogP contribution in [0.2, 0.25) is 0 Å². The van der Waals surface area contributed by atoms with Crippen LogP contribution in [0.5, 0.6) is 0 Å². The number of hydrogen-bond donors (Lipinski definition) is 2. The summed E-state index contributed by atoms with van der Waals surface area (Å²) < 4.78 is 0. The molecule has 0 radical (unpaired) electrons. The van der Waals surface area contributed by atoms with Crippen LogP contribution in [-0.2, 0) is 0 Å². The van der Waals surface area contributed by atoms with Crippen molar-refractivity contribution in [1.29, 1.82) is 0 Å². The molecule has 5 atom stereocenters. The SMILES string of the molecule is CC1CC2CC(O)CC(C2)C1N. The molecule has 3 N–H and O–H groups in total. The maximum absolute atomic E-state index is 9.56. The summed E-state index contributed by atoms with van der Waals surface area (Å²) in [4.78, 5) is 0. The van der Waals surface area contributed by atoms with E-state index in [2.05, 4.69) is 6.92 Å². The molecule has 2 saturated carbocycles. The molecule has 2 aliphatic rings. The predicted molar refractivity (Wildman–Crippen MR) is 48.6 cm³/mol. The summed E-state index contributed by atoms with van der Waals surface area (Å²) in [6.07, 6.45) is 4.40. The van der Waals surface area contributed by atoms with E-state index in [4.69, 9.17) is 5.73 Å². The molecule has 2 rings (SSSR count). The van der Waals surface area contributed by atoms with Crippen LogP contribution in [0.4, 0.5) is 0 Å². The first-order chi connectivity index (χ1) is 5.66. The second-order valence-corrected chi connectivity index (χ2v) is 4.78. The monoisotopic (exact) mass is 169 g/mol. The van der Waals surface area contributed by atoms with Crippen LogP contribution in [-0.4, -0.2) is 17.3 Å². The smallest absolute Gasteiger partial charge is 0.0546 e. The molecule has 0 saturated heterocycles. The molecular weight excluding hydrogens is 150 g/mol. The summed E-state index contributed by atoms with van der Waals surface area (Å²) in [5, 5.41) is 9.56. The van der Waals surface area contributed by atoms with Gasteiger partial charge in [0.15, 0.2) is 0 Å². The molecule has 12 heavy (non-hydrogen) atoms. The van der Waals surface area contributed by atoms with Crippen LogP contribution >= 0.6 is 0 Å². The van der Waals surface area contributed by atoms with Gasteiger partial charge in [-0.15, -0.1) is 0 Å². The summed E-state index contributed by atoms with van der Waals surface area (Å²) in [7, 11) is 0. The number of fused-ring (bicyclic) bond motifs is 2. The van der Waals surface area contributed by atoms with E-state index in [1.165, 1.54) is 12.8 Å². The van der Waals surface area contributed by atoms with Gasteiger partial charge in [0.1, 0.15) is 0 Å². The number of nitrogens with two attached hydrogens (primary N) is 1. The lowest BCUT2D eigenvalue weighted by atomic mass is 9.65. The van der Waals surface area contributed by atoms with Gasteiger partial charge < -0.3 is 10.8 Å². The molecule has 0 aromatic rings. The highest BCUT2D eigenvalue weighted by atomic mass is 16.3. The average Bonchev–Trinajstić information content (AvgIpc) is 1.99. The van der Waals surface area contributed by atoms with Gasteiger partial charge in [-0.05, 0) is 43.4 Å². The quantitative estimate of drug-likeness (QED) is 0.571. The Labute approximate surface area is 74.1 Å². The molecule has 2 bridgehead atoms. The van der Waals surface area contributed by atoms with Gasteiger partial charge in [-0.25, -0.2) is 0 Å². The van der Waals surface area contributed by atoms with Crippen molar-refractivity contribution in [2.24, 2.45) is 23.5 Å². The highest BCUT2D eigenvalue weighted by Gasteiger charge is 2.38. The fourth-order valence-electron chi connectivity index (χ4n) is 3.11. The number of hydrogen-bond acceptors (Lipinski definition) is 2. The van der Waals surface area contributed by atoms with Crippen LogP contribution in [0, 0.1) is 17.8 Å². The van der Waals surface area contributed by atoms with Crippen molar-refractivity contribution in [1.82, 2.24) is 0 Å². The Morgan fingerprint density at radius 1 is 1.17 bits per heavy atom. The molecule has 0 aromatic heterocycles. The van der Waals surface area contributed by atoms with E-state index >= 15 is 0 Å². The van der Waals surface area contributed by atoms with Crippen molar-refractivity contribution in [3.8, 4) is 0 Å². The molecule has 5 unspecified atom stereocenters. The van der Waals surface area contributed by atoms with E-state index in [-0.39, 0.29) is 6.10 Å². The first-order valence-corrected chi connectivity index (χ1v) is 5.10. The third-order valence-corrected chi connectivity index (χ3v) is 3.72. The van der Waals surface area contributed by atoms with Gasteiger partial charge in [0.25, 0.3) is 0 Å². The predicted octanol–water partition coefficient (Wildman–Crippen LogP) is 1.13. The van der Waals surface area contributed by atoms with Gasteiger partial charge in [-0.1, -0.05) is 6.92 Å². The van der Waals surface area contributed by atoms with Crippen LogP contribution in [0.3, 0.4) is 0 Å². The van der Waals surface area contributed by atoms with E-state index in [0.717, 1.165) is 18.8 Å². The minimum absolute atomic E-state index is 0.0627. The minimum Gasteiger partial charge on any atom is -0.393 e. The fourth-order valence-corrected chi connectivity index (χ4v) is 3.11. The lowest BCUT2D eigenvalue weighted by Gasteiger charge is -2.44. The topological polar surface area (TPSA) is 46.2 Å². The zero-order chi connectivity index (χ0) is 8.72. The lowest BCUT2D eigenvalue weighted by molar-refractivity contribution is 0.0185. The number of aliphatic hydroxyl groups is 1. The third kappa shape index (κ3) is 1.38. The maximum atomic E-state index is 9.56. The van der Waals surface area contributed by atoms with Crippen molar-refractivity contribution in [3.05, 3.63) is 0 Å². The van der Waals surface area contributed by atoms with E-state index in [1.54, 1.807) is 0 Å². The molecular formula is C10H19NO. The first kappa shape index (κ1) is 8.52. The van der Waals surface area contributed by atoms with Gasteiger partial charge in [0.05, 0.1) is 6.10 Å².